The number of carbonyl (C=O) groups is 1. The largest absolute Gasteiger partial charge is 0.298 e. The number of anilines is 1. The Hall–Kier alpha value is -2.34. The maximum absolute atomic E-state index is 13.1. The molecule has 2 aromatic carbocycles. The van der Waals surface area contributed by atoms with Crippen LogP contribution < -0.4 is 5.32 Å². The first-order valence-electron chi connectivity index (χ1n) is 5.75. The molecule has 0 spiro atoms. The molecular weight excluding hydrogens is 282 g/mol. The second-order valence-electron chi connectivity index (χ2n) is 4.09. The van der Waals surface area contributed by atoms with Crippen molar-refractivity contribution in [1.82, 2.24) is 4.98 Å². The lowest BCUT2D eigenvalue weighted by Gasteiger charge is -2.00. The van der Waals surface area contributed by atoms with Crippen molar-refractivity contribution in [2.45, 2.75) is 0 Å². The molecule has 0 fully saturated rings. The van der Waals surface area contributed by atoms with Crippen LogP contribution in [0.3, 0.4) is 0 Å². The van der Waals surface area contributed by atoms with E-state index in [-0.39, 0.29) is 11.7 Å². The molecule has 0 aliphatic carbocycles. The number of aromatic nitrogens is 1. The third-order valence-corrected chi connectivity index (χ3v) is 3.61. The molecule has 0 bridgehead atoms. The lowest BCUT2D eigenvalue weighted by Crippen LogP contribution is -2.11. The molecule has 0 radical (unpaired) electrons. The van der Waals surface area contributed by atoms with Gasteiger partial charge in [-0.1, -0.05) is 11.3 Å². The Bertz CT molecular complexity index is 783. The van der Waals surface area contributed by atoms with Crippen molar-refractivity contribution in [3.05, 3.63) is 59.7 Å². The quantitative estimate of drug-likeness (QED) is 0.779. The van der Waals surface area contributed by atoms with Gasteiger partial charge in [0.25, 0.3) is 5.91 Å². The number of rotatable bonds is 2. The first-order chi connectivity index (χ1) is 9.61. The Morgan fingerprint density at radius 1 is 1.05 bits per heavy atom. The average molecular weight is 290 g/mol. The average Bonchev–Trinajstić information content (AvgIpc) is 2.80. The standard InChI is InChI=1S/C14H8F2N2OS/c15-9-3-1-8(2-4-9)13(19)18-14-17-11-6-5-10(16)7-12(11)20-14/h1-7H,(H,17,18,19). The summed E-state index contributed by atoms with van der Waals surface area (Å²) in [5.41, 5.74) is 0.947. The van der Waals surface area contributed by atoms with Crippen molar-refractivity contribution in [2.24, 2.45) is 0 Å². The summed E-state index contributed by atoms with van der Waals surface area (Å²) in [7, 11) is 0. The number of benzene rings is 2. The summed E-state index contributed by atoms with van der Waals surface area (Å²) in [5, 5.41) is 2.99. The van der Waals surface area contributed by atoms with Gasteiger partial charge in [0.1, 0.15) is 11.6 Å². The summed E-state index contributed by atoms with van der Waals surface area (Å²) in [6.07, 6.45) is 0. The fourth-order valence-corrected chi connectivity index (χ4v) is 2.61. The SMILES string of the molecule is O=C(Nc1nc2ccc(F)cc2s1)c1ccc(F)cc1. The first kappa shape index (κ1) is 12.7. The van der Waals surface area contributed by atoms with Crippen LogP contribution >= 0.6 is 11.3 Å². The van der Waals surface area contributed by atoms with Crippen molar-refractivity contribution in [2.75, 3.05) is 5.32 Å². The van der Waals surface area contributed by atoms with Crippen LogP contribution in [0.1, 0.15) is 10.4 Å². The van der Waals surface area contributed by atoms with Gasteiger partial charge in [-0.2, -0.15) is 0 Å². The zero-order valence-electron chi connectivity index (χ0n) is 10.1. The van der Waals surface area contributed by atoms with Crippen LogP contribution in [0.2, 0.25) is 0 Å². The van der Waals surface area contributed by atoms with Crippen molar-refractivity contribution < 1.29 is 13.6 Å². The third-order valence-electron chi connectivity index (χ3n) is 2.68. The Balaban J connectivity index is 1.85. The highest BCUT2D eigenvalue weighted by Crippen LogP contribution is 2.26. The number of hydrogen-bond donors (Lipinski definition) is 1. The molecule has 0 saturated carbocycles. The van der Waals surface area contributed by atoms with Crippen LogP contribution in [0.4, 0.5) is 13.9 Å². The lowest BCUT2D eigenvalue weighted by molar-refractivity contribution is 0.102. The van der Waals surface area contributed by atoms with E-state index in [2.05, 4.69) is 10.3 Å². The van der Waals surface area contributed by atoms with Gasteiger partial charge >= 0.3 is 0 Å². The number of nitrogens with one attached hydrogen (secondary N) is 1. The van der Waals surface area contributed by atoms with E-state index >= 15 is 0 Å². The predicted molar refractivity (Wildman–Crippen MR) is 73.9 cm³/mol. The topological polar surface area (TPSA) is 42.0 Å². The van der Waals surface area contributed by atoms with Crippen LogP contribution in [0.15, 0.2) is 42.5 Å². The van der Waals surface area contributed by atoms with Crippen LogP contribution in [0.5, 0.6) is 0 Å². The predicted octanol–water partition coefficient (Wildman–Crippen LogP) is 3.83. The zero-order chi connectivity index (χ0) is 14.1. The molecule has 0 aliphatic heterocycles. The molecule has 20 heavy (non-hydrogen) atoms. The van der Waals surface area contributed by atoms with Gasteiger partial charge in [0.2, 0.25) is 0 Å². The monoisotopic (exact) mass is 290 g/mol. The molecule has 3 aromatic rings. The zero-order valence-corrected chi connectivity index (χ0v) is 10.9. The molecule has 1 aromatic heterocycles. The van der Waals surface area contributed by atoms with E-state index < -0.39 is 5.82 Å². The summed E-state index contributed by atoms with van der Waals surface area (Å²) in [6.45, 7) is 0. The highest BCUT2D eigenvalue weighted by Gasteiger charge is 2.10. The smallest absolute Gasteiger partial charge is 0.257 e. The number of fused-ring (bicyclic) bond motifs is 1. The van der Waals surface area contributed by atoms with Gasteiger partial charge in [-0.05, 0) is 42.5 Å². The first-order valence-corrected chi connectivity index (χ1v) is 6.56. The van der Waals surface area contributed by atoms with Crippen molar-refractivity contribution >= 4 is 32.6 Å². The van der Waals surface area contributed by atoms with Crippen LogP contribution in [0.25, 0.3) is 10.2 Å². The summed E-state index contributed by atoms with van der Waals surface area (Å²) in [6, 6.07) is 9.42. The lowest BCUT2D eigenvalue weighted by atomic mass is 10.2. The number of halogens is 2. The third kappa shape index (κ3) is 2.50. The number of amides is 1. The van der Waals surface area contributed by atoms with E-state index in [1.165, 1.54) is 47.7 Å². The number of carbonyl (C=O) groups excluding carboxylic acids is 1. The molecule has 100 valence electrons. The molecule has 3 rings (SSSR count). The number of nitrogens with zero attached hydrogens (tertiary/aromatic N) is 1. The molecule has 1 heterocycles. The molecule has 0 unspecified atom stereocenters. The molecule has 1 amide bonds. The Morgan fingerprint density at radius 3 is 2.50 bits per heavy atom. The molecule has 1 N–H and O–H groups in total. The molecular formula is C14H8F2N2OS. The van der Waals surface area contributed by atoms with Crippen LogP contribution in [-0.4, -0.2) is 10.9 Å². The van der Waals surface area contributed by atoms with Gasteiger partial charge in [0, 0.05) is 5.56 Å². The summed E-state index contributed by atoms with van der Waals surface area (Å²) >= 11 is 1.18. The van der Waals surface area contributed by atoms with Crippen molar-refractivity contribution in [3.63, 3.8) is 0 Å². The van der Waals surface area contributed by atoms with Gasteiger partial charge < -0.3 is 0 Å². The van der Waals surface area contributed by atoms with Crippen LogP contribution in [0, 0.1) is 11.6 Å². The Labute approximate surface area is 116 Å². The van der Waals surface area contributed by atoms with E-state index in [0.29, 0.717) is 20.9 Å². The second kappa shape index (κ2) is 4.97. The fourth-order valence-electron chi connectivity index (χ4n) is 1.72. The van der Waals surface area contributed by atoms with Gasteiger partial charge in [0.05, 0.1) is 10.2 Å². The maximum atomic E-state index is 13.1. The van der Waals surface area contributed by atoms with E-state index in [1.54, 1.807) is 6.07 Å². The highest BCUT2D eigenvalue weighted by atomic mass is 32.1. The Kier molecular flexibility index (Phi) is 3.15. The van der Waals surface area contributed by atoms with E-state index in [4.69, 9.17) is 0 Å². The summed E-state index contributed by atoms with van der Waals surface area (Å²) in [5.74, 6) is -1.14. The van der Waals surface area contributed by atoms with Crippen molar-refractivity contribution in [3.8, 4) is 0 Å². The fraction of sp³-hybridized carbons (Fsp3) is 0. The second-order valence-corrected chi connectivity index (χ2v) is 5.12. The molecule has 6 heteroatoms. The molecule has 0 saturated heterocycles. The van der Waals surface area contributed by atoms with E-state index in [9.17, 15) is 13.6 Å². The summed E-state index contributed by atoms with van der Waals surface area (Å²) in [4.78, 5) is 16.1. The molecule has 3 nitrogen and oxygen atoms in total. The normalized spacial score (nSPS) is 10.7. The maximum Gasteiger partial charge on any atom is 0.257 e. The minimum atomic E-state index is -0.406. The van der Waals surface area contributed by atoms with Gasteiger partial charge in [-0.3, -0.25) is 10.1 Å². The minimum absolute atomic E-state index is 0.330. The molecule has 0 atom stereocenters. The minimum Gasteiger partial charge on any atom is -0.298 e. The van der Waals surface area contributed by atoms with Gasteiger partial charge in [0.15, 0.2) is 5.13 Å². The summed E-state index contributed by atoms with van der Waals surface area (Å²) < 4.78 is 26.5. The number of hydrogen-bond acceptors (Lipinski definition) is 3. The molecule has 0 aliphatic rings. The van der Waals surface area contributed by atoms with Gasteiger partial charge in [-0.15, -0.1) is 0 Å². The van der Waals surface area contributed by atoms with E-state index in [1.807, 2.05) is 0 Å². The van der Waals surface area contributed by atoms with Gasteiger partial charge in [-0.25, -0.2) is 13.8 Å². The van der Waals surface area contributed by atoms with Crippen LogP contribution in [-0.2, 0) is 0 Å². The van der Waals surface area contributed by atoms with E-state index in [0.717, 1.165) is 0 Å². The number of thiazole rings is 1. The van der Waals surface area contributed by atoms with Crippen molar-refractivity contribution in [1.29, 1.82) is 0 Å². The highest BCUT2D eigenvalue weighted by molar-refractivity contribution is 7.22. The Morgan fingerprint density at radius 2 is 1.75 bits per heavy atom.